The normalized spacial score (nSPS) is 12.5. The Hall–Kier alpha value is -1.09. The Kier molecular flexibility index (Phi) is 5.12. The van der Waals surface area contributed by atoms with Gasteiger partial charge in [-0.3, -0.25) is 4.98 Å². The maximum Gasteiger partial charge on any atom is 0.142 e. The zero-order valence-corrected chi connectivity index (χ0v) is 9.57. The van der Waals surface area contributed by atoms with E-state index in [1.165, 1.54) is 12.8 Å². The molecule has 0 saturated heterocycles. The van der Waals surface area contributed by atoms with Crippen LogP contribution >= 0.6 is 0 Å². The van der Waals surface area contributed by atoms with Gasteiger partial charge in [0.15, 0.2) is 0 Å². The number of aromatic nitrogens is 1. The lowest BCUT2D eigenvalue weighted by atomic mass is 10.1. The Bertz CT molecular complexity index is 289. The van der Waals surface area contributed by atoms with Crippen molar-refractivity contribution < 1.29 is 4.74 Å². The second kappa shape index (κ2) is 6.40. The fraction of sp³-hybridized carbons (Fsp3) is 0.583. The number of hydrogen-bond donors (Lipinski definition) is 1. The molecule has 1 aromatic rings. The van der Waals surface area contributed by atoms with Gasteiger partial charge in [-0.2, -0.15) is 0 Å². The maximum atomic E-state index is 5.70. The van der Waals surface area contributed by atoms with Crippen LogP contribution in [0.25, 0.3) is 0 Å². The van der Waals surface area contributed by atoms with Crippen LogP contribution in [-0.2, 0) is 6.54 Å². The third kappa shape index (κ3) is 3.88. The van der Waals surface area contributed by atoms with Crippen LogP contribution in [0.2, 0.25) is 0 Å². The summed E-state index contributed by atoms with van der Waals surface area (Å²) in [7, 11) is 0. The summed E-state index contributed by atoms with van der Waals surface area (Å²) in [6, 6.07) is 1.90. The zero-order chi connectivity index (χ0) is 11.1. The molecule has 0 aliphatic rings. The standard InChI is InChI=1S/C12H20N2O/c1-3-4-10(2)9-15-12-8-14-6-5-11(12)7-13/h5-6,8,10H,3-4,7,9,13H2,1-2H3. The van der Waals surface area contributed by atoms with Gasteiger partial charge >= 0.3 is 0 Å². The van der Waals surface area contributed by atoms with E-state index in [1.54, 1.807) is 12.4 Å². The Labute approximate surface area is 91.7 Å². The molecule has 0 aliphatic heterocycles. The monoisotopic (exact) mass is 208 g/mol. The van der Waals surface area contributed by atoms with Crippen molar-refractivity contribution in [2.45, 2.75) is 33.2 Å². The summed E-state index contributed by atoms with van der Waals surface area (Å²) in [4.78, 5) is 4.04. The fourth-order valence-electron chi connectivity index (χ4n) is 1.52. The predicted molar refractivity (Wildman–Crippen MR) is 61.7 cm³/mol. The molecule has 1 rings (SSSR count). The molecule has 1 unspecified atom stereocenters. The minimum absolute atomic E-state index is 0.500. The first-order valence-electron chi connectivity index (χ1n) is 5.53. The first kappa shape index (κ1) is 12.0. The van der Waals surface area contributed by atoms with E-state index in [2.05, 4.69) is 18.8 Å². The SMILES string of the molecule is CCCC(C)COc1cnccc1CN. The summed E-state index contributed by atoms with van der Waals surface area (Å²) >= 11 is 0. The molecule has 84 valence electrons. The van der Waals surface area contributed by atoms with Gasteiger partial charge in [-0.1, -0.05) is 20.3 Å². The molecule has 15 heavy (non-hydrogen) atoms. The molecule has 0 bridgehead atoms. The molecule has 0 saturated carbocycles. The van der Waals surface area contributed by atoms with Crippen LogP contribution in [0.5, 0.6) is 5.75 Å². The lowest BCUT2D eigenvalue weighted by Gasteiger charge is -2.13. The van der Waals surface area contributed by atoms with E-state index in [9.17, 15) is 0 Å². The van der Waals surface area contributed by atoms with Crippen LogP contribution in [0.1, 0.15) is 32.3 Å². The molecule has 0 spiro atoms. The molecule has 0 radical (unpaired) electrons. The first-order chi connectivity index (χ1) is 7.27. The highest BCUT2D eigenvalue weighted by Gasteiger charge is 2.05. The van der Waals surface area contributed by atoms with Crippen molar-refractivity contribution in [3.8, 4) is 5.75 Å². The molecule has 1 heterocycles. The van der Waals surface area contributed by atoms with Gasteiger partial charge in [-0.15, -0.1) is 0 Å². The second-order valence-corrected chi connectivity index (χ2v) is 3.89. The third-order valence-electron chi connectivity index (χ3n) is 2.39. The average molecular weight is 208 g/mol. The van der Waals surface area contributed by atoms with Crippen molar-refractivity contribution in [2.75, 3.05) is 6.61 Å². The number of pyridine rings is 1. The second-order valence-electron chi connectivity index (χ2n) is 3.89. The minimum Gasteiger partial charge on any atom is -0.491 e. The van der Waals surface area contributed by atoms with E-state index in [0.29, 0.717) is 12.5 Å². The predicted octanol–water partition coefficient (Wildman–Crippen LogP) is 2.36. The van der Waals surface area contributed by atoms with E-state index in [0.717, 1.165) is 17.9 Å². The maximum absolute atomic E-state index is 5.70. The summed E-state index contributed by atoms with van der Waals surface area (Å²) < 4.78 is 5.70. The Morgan fingerprint density at radius 2 is 2.33 bits per heavy atom. The van der Waals surface area contributed by atoms with Crippen molar-refractivity contribution in [1.82, 2.24) is 4.98 Å². The molecular weight excluding hydrogens is 188 g/mol. The topological polar surface area (TPSA) is 48.1 Å². The smallest absolute Gasteiger partial charge is 0.142 e. The fourth-order valence-corrected chi connectivity index (χ4v) is 1.52. The van der Waals surface area contributed by atoms with Crippen molar-refractivity contribution in [2.24, 2.45) is 11.7 Å². The summed E-state index contributed by atoms with van der Waals surface area (Å²) in [5.74, 6) is 1.41. The van der Waals surface area contributed by atoms with E-state index in [4.69, 9.17) is 10.5 Å². The molecular formula is C12H20N2O. The van der Waals surface area contributed by atoms with Crippen molar-refractivity contribution in [1.29, 1.82) is 0 Å². The van der Waals surface area contributed by atoms with Crippen molar-refractivity contribution in [3.05, 3.63) is 24.0 Å². The van der Waals surface area contributed by atoms with Gasteiger partial charge in [0.25, 0.3) is 0 Å². The largest absolute Gasteiger partial charge is 0.491 e. The Balaban J connectivity index is 2.49. The van der Waals surface area contributed by atoms with E-state index in [-0.39, 0.29) is 0 Å². The number of ether oxygens (including phenoxy) is 1. The molecule has 0 aliphatic carbocycles. The lowest BCUT2D eigenvalue weighted by Crippen LogP contribution is -2.10. The van der Waals surface area contributed by atoms with Crippen LogP contribution in [0.4, 0.5) is 0 Å². The number of nitrogens with zero attached hydrogens (tertiary/aromatic N) is 1. The summed E-state index contributed by atoms with van der Waals surface area (Å²) in [6.45, 7) is 5.63. The van der Waals surface area contributed by atoms with Gasteiger partial charge < -0.3 is 10.5 Å². The zero-order valence-electron chi connectivity index (χ0n) is 9.57. The highest BCUT2D eigenvalue weighted by atomic mass is 16.5. The highest BCUT2D eigenvalue weighted by molar-refractivity contribution is 5.29. The van der Waals surface area contributed by atoms with Crippen molar-refractivity contribution >= 4 is 0 Å². The van der Waals surface area contributed by atoms with Gasteiger partial charge in [0.1, 0.15) is 5.75 Å². The number of rotatable bonds is 6. The van der Waals surface area contributed by atoms with Crippen molar-refractivity contribution in [3.63, 3.8) is 0 Å². The van der Waals surface area contributed by atoms with Gasteiger partial charge in [0.2, 0.25) is 0 Å². The highest BCUT2D eigenvalue weighted by Crippen LogP contribution is 2.17. The number of hydrogen-bond acceptors (Lipinski definition) is 3. The summed E-state index contributed by atoms with van der Waals surface area (Å²) in [5.41, 5.74) is 6.63. The third-order valence-corrected chi connectivity index (χ3v) is 2.39. The van der Waals surface area contributed by atoms with E-state index >= 15 is 0 Å². The van der Waals surface area contributed by atoms with Crippen LogP contribution < -0.4 is 10.5 Å². The molecule has 2 N–H and O–H groups in total. The van der Waals surface area contributed by atoms with E-state index < -0.39 is 0 Å². The van der Waals surface area contributed by atoms with Crippen LogP contribution in [-0.4, -0.2) is 11.6 Å². The molecule has 0 fully saturated rings. The summed E-state index contributed by atoms with van der Waals surface area (Å²) in [6.07, 6.45) is 5.87. The molecule has 1 aromatic heterocycles. The van der Waals surface area contributed by atoms with E-state index in [1.807, 2.05) is 6.07 Å². The number of nitrogens with two attached hydrogens (primary N) is 1. The average Bonchev–Trinajstić information content (AvgIpc) is 2.27. The molecule has 0 amide bonds. The van der Waals surface area contributed by atoms with Gasteiger partial charge in [0.05, 0.1) is 12.8 Å². The molecule has 1 atom stereocenters. The van der Waals surface area contributed by atoms with Crippen LogP contribution in [0, 0.1) is 5.92 Å². The lowest BCUT2D eigenvalue weighted by molar-refractivity contribution is 0.248. The first-order valence-corrected chi connectivity index (χ1v) is 5.53. The summed E-state index contributed by atoms with van der Waals surface area (Å²) in [5, 5.41) is 0. The van der Waals surface area contributed by atoms with Crippen LogP contribution in [0.15, 0.2) is 18.5 Å². The Morgan fingerprint density at radius 1 is 1.53 bits per heavy atom. The quantitative estimate of drug-likeness (QED) is 0.780. The molecule has 0 aromatic carbocycles. The molecule has 3 heteroatoms. The van der Waals surface area contributed by atoms with Gasteiger partial charge in [-0.05, 0) is 18.4 Å². The van der Waals surface area contributed by atoms with Gasteiger partial charge in [0, 0.05) is 18.3 Å². The minimum atomic E-state index is 0.500. The Morgan fingerprint density at radius 3 is 3.00 bits per heavy atom. The van der Waals surface area contributed by atoms with Gasteiger partial charge in [-0.25, -0.2) is 0 Å². The van der Waals surface area contributed by atoms with Crippen LogP contribution in [0.3, 0.4) is 0 Å². The molecule has 3 nitrogen and oxygen atoms in total.